The van der Waals surface area contributed by atoms with Crippen molar-refractivity contribution in [3.05, 3.63) is 138 Å². The highest BCUT2D eigenvalue weighted by Crippen LogP contribution is 2.39. The second-order valence-corrected chi connectivity index (χ2v) is 12.4. The van der Waals surface area contributed by atoms with E-state index in [0.717, 1.165) is 6.54 Å². The van der Waals surface area contributed by atoms with Gasteiger partial charge in [-0.1, -0.05) is 74.5 Å². The topological polar surface area (TPSA) is 13.7 Å². The van der Waals surface area contributed by atoms with Crippen LogP contribution in [0, 0.1) is 13.8 Å². The molecule has 3 nitrogen and oxygen atoms in total. The molecule has 0 atom stereocenters. The maximum atomic E-state index is 2.42. The molecule has 2 aromatic heterocycles. The third-order valence-electron chi connectivity index (χ3n) is 9.11. The van der Waals surface area contributed by atoms with Gasteiger partial charge in [0, 0.05) is 21.9 Å². The first kappa shape index (κ1) is 24.9. The molecule has 0 bridgehead atoms. The Balaban J connectivity index is 1.27. The van der Waals surface area contributed by atoms with E-state index in [-0.39, 0.29) is 5.41 Å². The first-order chi connectivity index (χ1) is 20.4. The summed E-state index contributed by atoms with van der Waals surface area (Å²) in [5, 5.41) is 2.56. The fraction of sp³-hybridized carbons (Fsp3) is 0.154. The quantitative estimate of drug-likeness (QED) is 0.197. The maximum Gasteiger partial charge on any atom is 0.294 e. The third kappa shape index (κ3) is 3.63. The number of nitrogens with zero attached hydrogens (tertiary/aromatic N) is 3. The molecule has 204 valence electrons. The van der Waals surface area contributed by atoms with Crippen LogP contribution in [0.2, 0.25) is 0 Å². The highest BCUT2D eigenvalue weighted by Gasteiger charge is 2.38. The number of aryl methyl sites for hydroxylation is 2. The molecule has 8 rings (SSSR count). The minimum atomic E-state index is 0.0939. The Morgan fingerprint density at radius 3 is 2.17 bits per heavy atom. The van der Waals surface area contributed by atoms with E-state index < -0.39 is 0 Å². The highest BCUT2D eigenvalue weighted by atomic mass is 15.2. The van der Waals surface area contributed by atoms with Gasteiger partial charge in [0.05, 0.1) is 23.1 Å². The van der Waals surface area contributed by atoms with Gasteiger partial charge in [0.25, 0.3) is 5.82 Å². The number of fused-ring (bicyclic) bond motifs is 6. The van der Waals surface area contributed by atoms with Crippen LogP contribution < -0.4 is 4.57 Å². The predicted molar refractivity (Wildman–Crippen MR) is 174 cm³/mol. The van der Waals surface area contributed by atoms with Gasteiger partial charge in [0.2, 0.25) is 0 Å². The summed E-state index contributed by atoms with van der Waals surface area (Å²) in [5.41, 5.74) is 12.8. The smallest absolute Gasteiger partial charge is 0.294 e. The van der Waals surface area contributed by atoms with Crippen LogP contribution in [-0.4, -0.2) is 9.13 Å². The molecule has 0 radical (unpaired) electrons. The van der Waals surface area contributed by atoms with Gasteiger partial charge >= 0.3 is 0 Å². The van der Waals surface area contributed by atoms with E-state index in [9.17, 15) is 0 Å². The molecule has 7 aromatic rings. The summed E-state index contributed by atoms with van der Waals surface area (Å²) >= 11 is 0. The molecular weight excluding hydrogens is 510 g/mol. The van der Waals surface area contributed by atoms with Crippen LogP contribution in [0.25, 0.3) is 55.7 Å². The van der Waals surface area contributed by atoms with Crippen LogP contribution in [0.15, 0.2) is 122 Å². The van der Waals surface area contributed by atoms with Crippen LogP contribution in [0.5, 0.6) is 0 Å². The summed E-state index contributed by atoms with van der Waals surface area (Å²) in [4.78, 5) is 0. The monoisotopic (exact) mass is 544 g/mol. The average Bonchev–Trinajstić information content (AvgIpc) is 3.55. The molecule has 0 spiro atoms. The zero-order valence-corrected chi connectivity index (χ0v) is 24.6. The summed E-state index contributed by atoms with van der Waals surface area (Å²) < 4.78 is 7.20. The fourth-order valence-corrected chi connectivity index (χ4v) is 7.31. The van der Waals surface area contributed by atoms with E-state index in [1.54, 1.807) is 0 Å². The van der Waals surface area contributed by atoms with Crippen molar-refractivity contribution in [1.82, 2.24) is 9.13 Å². The van der Waals surface area contributed by atoms with Gasteiger partial charge in [-0.25, -0.2) is 4.57 Å². The van der Waals surface area contributed by atoms with E-state index in [2.05, 4.69) is 163 Å². The number of aromatic nitrogens is 3. The number of imidazole rings is 1. The van der Waals surface area contributed by atoms with Crippen LogP contribution in [0.3, 0.4) is 0 Å². The summed E-state index contributed by atoms with van der Waals surface area (Å²) in [6, 6.07) is 39.9. The van der Waals surface area contributed by atoms with E-state index in [0.29, 0.717) is 0 Å². The summed E-state index contributed by atoms with van der Waals surface area (Å²) in [6.45, 7) is 10.2. The van der Waals surface area contributed by atoms with E-state index in [4.69, 9.17) is 0 Å². The van der Waals surface area contributed by atoms with Crippen molar-refractivity contribution in [2.45, 2.75) is 39.7 Å². The van der Waals surface area contributed by atoms with Gasteiger partial charge in [-0.2, -0.15) is 4.57 Å². The van der Waals surface area contributed by atoms with Crippen molar-refractivity contribution in [2.24, 2.45) is 0 Å². The third-order valence-corrected chi connectivity index (χ3v) is 9.11. The minimum Gasteiger partial charge on any atom is -0.309 e. The van der Waals surface area contributed by atoms with Gasteiger partial charge < -0.3 is 4.57 Å². The fourth-order valence-electron chi connectivity index (χ4n) is 7.31. The van der Waals surface area contributed by atoms with Crippen molar-refractivity contribution in [3.63, 3.8) is 0 Å². The normalized spacial score (nSPS) is 13.8. The standard InChI is InChI=1S/C39H34N3/c1-26-22-29(23-27(2)37(26)41-21-20-40-25-39(3,4)34-16-10-8-15-32(34)38(40)41)28-18-19-36-33(24-28)31-14-9-11-17-35(31)42(36)30-12-6-5-7-13-30/h5-24H,25H2,1-4H3/q+1. The summed E-state index contributed by atoms with van der Waals surface area (Å²) in [7, 11) is 0. The largest absolute Gasteiger partial charge is 0.309 e. The molecule has 0 saturated carbocycles. The van der Waals surface area contributed by atoms with Crippen LogP contribution in [0.4, 0.5) is 0 Å². The maximum absolute atomic E-state index is 2.42. The molecule has 1 aliphatic rings. The van der Waals surface area contributed by atoms with Crippen molar-refractivity contribution < 1.29 is 4.57 Å². The lowest BCUT2D eigenvalue weighted by atomic mass is 9.79. The second kappa shape index (κ2) is 9.06. The summed E-state index contributed by atoms with van der Waals surface area (Å²) in [5.74, 6) is 1.26. The Kier molecular flexibility index (Phi) is 5.36. The molecule has 1 aliphatic heterocycles. The van der Waals surface area contributed by atoms with E-state index >= 15 is 0 Å². The van der Waals surface area contributed by atoms with Crippen LogP contribution >= 0.6 is 0 Å². The molecule has 0 fully saturated rings. The van der Waals surface area contributed by atoms with E-state index in [1.807, 2.05) is 0 Å². The Morgan fingerprint density at radius 1 is 0.667 bits per heavy atom. The number of para-hydroxylation sites is 2. The SMILES string of the molecule is Cc1cc(-c2ccc3c(c2)c2ccccc2n3-c2ccccc2)cc(C)c1-n1cc[n+]2c1-c1ccccc1C(C)(C)C2. The second-order valence-electron chi connectivity index (χ2n) is 12.4. The number of rotatable bonds is 3. The zero-order chi connectivity index (χ0) is 28.6. The van der Waals surface area contributed by atoms with Gasteiger partial charge in [-0.3, -0.25) is 0 Å². The number of benzene rings is 5. The molecule has 3 heterocycles. The molecular formula is C39H34N3+. The Morgan fingerprint density at radius 2 is 1.36 bits per heavy atom. The molecule has 0 saturated heterocycles. The molecule has 42 heavy (non-hydrogen) atoms. The number of hydrogen-bond donors (Lipinski definition) is 0. The molecule has 0 amide bonds. The Bertz CT molecular complexity index is 2130. The van der Waals surface area contributed by atoms with Gasteiger partial charge in [0.15, 0.2) is 0 Å². The lowest BCUT2D eigenvalue weighted by Gasteiger charge is -2.30. The molecule has 5 aromatic carbocycles. The predicted octanol–water partition coefficient (Wildman–Crippen LogP) is 9.10. The first-order valence-corrected chi connectivity index (χ1v) is 14.8. The van der Waals surface area contributed by atoms with Crippen LogP contribution in [-0.2, 0) is 12.0 Å². The lowest BCUT2D eigenvalue weighted by molar-refractivity contribution is -0.695. The average molecular weight is 545 g/mol. The zero-order valence-electron chi connectivity index (χ0n) is 24.6. The minimum absolute atomic E-state index is 0.0939. The van der Waals surface area contributed by atoms with Crippen molar-refractivity contribution in [3.8, 4) is 33.9 Å². The molecule has 0 aliphatic carbocycles. The first-order valence-electron chi connectivity index (χ1n) is 14.8. The van der Waals surface area contributed by atoms with Gasteiger partial charge in [-0.15, -0.1) is 0 Å². The summed E-state index contributed by atoms with van der Waals surface area (Å²) in [6.07, 6.45) is 4.49. The Labute approximate surface area is 246 Å². The Hall–Kier alpha value is -4.89. The lowest BCUT2D eigenvalue weighted by Crippen LogP contribution is -2.47. The van der Waals surface area contributed by atoms with E-state index in [1.165, 1.54) is 72.4 Å². The van der Waals surface area contributed by atoms with Gasteiger partial charge in [0.1, 0.15) is 18.1 Å². The van der Waals surface area contributed by atoms with Gasteiger partial charge in [-0.05, 0) is 90.2 Å². The highest BCUT2D eigenvalue weighted by molar-refractivity contribution is 6.10. The van der Waals surface area contributed by atoms with Crippen molar-refractivity contribution in [1.29, 1.82) is 0 Å². The molecule has 0 N–H and O–H groups in total. The molecule has 3 heteroatoms. The van der Waals surface area contributed by atoms with Crippen molar-refractivity contribution in [2.75, 3.05) is 0 Å². The number of hydrogen-bond acceptors (Lipinski definition) is 0. The van der Waals surface area contributed by atoms with Crippen LogP contribution in [0.1, 0.15) is 30.5 Å². The molecule has 0 unspecified atom stereocenters. The van der Waals surface area contributed by atoms with Crippen molar-refractivity contribution >= 4 is 21.8 Å².